The van der Waals surface area contributed by atoms with Gasteiger partial charge in [-0.2, -0.15) is 11.8 Å². The lowest BCUT2D eigenvalue weighted by atomic mass is 9.91. The molecular weight excluding hydrogens is 300 g/mol. The van der Waals surface area contributed by atoms with Crippen molar-refractivity contribution in [1.29, 1.82) is 0 Å². The first-order valence-electron chi connectivity index (χ1n) is 5.96. The lowest BCUT2D eigenvalue weighted by Gasteiger charge is -2.33. The van der Waals surface area contributed by atoms with E-state index in [1.165, 1.54) is 17.9 Å². The van der Waals surface area contributed by atoms with E-state index in [4.69, 9.17) is 4.74 Å². The number of benzene rings is 1. The molecule has 1 N–H and O–H groups in total. The third kappa shape index (κ3) is 2.35. The number of aliphatic hydroxyl groups is 1. The molecule has 0 bridgehead atoms. The Hall–Kier alpha value is -0.190. The van der Waals surface area contributed by atoms with Gasteiger partial charge in [-0.15, -0.1) is 0 Å². The smallest absolute Gasteiger partial charge is 0.125 e. The molecule has 1 saturated heterocycles. The minimum atomic E-state index is -0.383. The lowest BCUT2D eigenvalue weighted by molar-refractivity contribution is 0.0402. The number of hydrogen-bond acceptors (Lipinski definition) is 3. The van der Waals surface area contributed by atoms with E-state index < -0.39 is 0 Å². The predicted molar refractivity (Wildman–Crippen MR) is 73.6 cm³/mol. The predicted octanol–water partition coefficient (Wildman–Crippen LogP) is 3.39. The van der Waals surface area contributed by atoms with Crippen molar-refractivity contribution < 1.29 is 9.84 Å². The van der Waals surface area contributed by atoms with Crippen LogP contribution in [0.25, 0.3) is 0 Å². The minimum absolute atomic E-state index is 0.189. The molecule has 3 atom stereocenters. The van der Waals surface area contributed by atoms with Crippen LogP contribution in [0.15, 0.2) is 22.7 Å². The number of aliphatic hydroxyl groups excluding tert-OH is 1. The number of thioether (sulfide) groups is 1. The monoisotopic (exact) mass is 314 g/mol. The SMILES string of the molecule is O[C@H]1CC(C2CCSC2)Oc2ccc(Br)cc21. The first-order chi connectivity index (χ1) is 8.24. The molecule has 3 rings (SSSR count). The normalized spacial score (nSPS) is 32.0. The molecule has 0 saturated carbocycles. The van der Waals surface area contributed by atoms with Crippen molar-refractivity contribution in [1.82, 2.24) is 0 Å². The standard InChI is InChI=1S/C13H15BrO2S/c14-9-1-2-12-10(5-9)11(15)6-13(16-12)8-3-4-17-7-8/h1-2,5,8,11,13,15H,3-4,6-7H2/t8?,11-,13?/m0/s1. The molecule has 2 unspecified atom stereocenters. The van der Waals surface area contributed by atoms with Crippen molar-refractivity contribution in [2.75, 3.05) is 11.5 Å². The third-order valence-electron chi connectivity index (χ3n) is 3.56. The van der Waals surface area contributed by atoms with Gasteiger partial charge in [0.15, 0.2) is 0 Å². The molecule has 1 aromatic carbocycles. The Morgan fingerprint density at radius 2 is 2.29 bits per heavy atom. The van der Waals surface area contributed by atoms with Crippen molar-refractivity contribution in [2.45, 2.75) is 25.0 Å². The lowest BCUT2D eigenvalue weighted by Crippen LogP contribution is -2.32. The van der Waals surface area contributed by atoms with Gasteiger partial charge in [0, 0.05) is 22.4 Å². The molecule has 2 aliphatic heterocycles. The van der Waals surface area contributed by atoms with Crippen LogP contribution in [0.3, 0.4) is 0 Å². The number of ether oxygens (including phenoxy) is 1. The Bertz CT molecular complexity index is 418. The molecule has 1 aromatic rings. The van der Waals surface area contributed by atoms with Crippen molar-refractivity contribution >= 4 is 27.7 Å². The van der Waals surface area contributed by atoms with Crippen molar-refractivity contribution in [3.05, 3.63) is 28.2 Å². The summed E-state index contributed by atoms with van der Waals surface area (Å²) < 4.78 is 7.04. The summed E-state index contributed by atoms with van der Waals surface area (Å²) in [5.74, 6) is 3.86. The summed E-state index contributed by atoms with van der Waals surface area (Å²) >= 11 is 5.42. The molecule has 0 amide bonds. The summed E-state index contributed by atoms with van der Waals surface area (Å²) in [4.78, 5) is 0. The third-order valence-corrected chi connectivity index (χ3v) is 5.24. The molecule has 2 aliphatic rings. The Morgan fingerprint density at radius 3 is 3.06 bits per heavy atom. The highest BCUT2D eigenvalue weighted by Gasteiger charge is 2.34. The zero-order chi connectivity index (χ0) is 11.8. The maximum Gasteiger partial charge on any atom is 0.125 e. The highest BCUT2D eigenvalue weighted by molar-refractivity contribution is 9.10. The van der Waals surface area contributed by atoms with E-state index in [9.17, 15) is 5.11 Å². The van der Waals surface area contributed by atoms with E-state index in [-0.39, 0.29) is 12.2 Å². The second-order valence-electron chi connectivity index (χ2n) is 4.71. The van der Waals surface area contributed by atoms with Crippen LogP contribution in [-0.4, -0.2) is 22.7 Å². The van der Waals surface area contributed by atoms with Gasteiger partial charge in [-0.25, -0.2) is 0 Å². The highest BCUT2D eigenvalue weighted by Crippen LogP contribution is 2.41. The molecule has 2 nitrogen and oxygen atoms in total. The summed E-state index contributed by atoms with van der Waals surface area (Å²) in [6, 6.07) is 5.88. The van der Waals surface area contributed by atoms with Crippen molar-refractivity contribution in [3.8, 4) is 5.75 Å². The molecule has 0 radical (unpaired) electrons. The second-order valence-corrected chi connectivity index (χ2v) is 6.78. The second kappa shape index (κ2) is 4.82. The highest BCUT2D eigenvalue weighted by atomic mass is 79.9. The van der Waals surface area contributed by atoms with Gasteiger partial charge in [0.25, 0.3) is 0 Å². The van der Waals surface area contributed by atoms with Crippen LogP contribution in [0.2, 0.25) is 0 Å². The van der Waals surface area contributed by atoms with Crippen molar-refractivity contribution in [3.63, 3.8) is 0 Å². The topological polar surface area (TPSA) is 29.5 Å². The summed E-state index contributed by atoms with van der Waals surface area (Å²) in [6.45, 7) is 0. The van der Waals surface area contributed by atoms with Crippen molar-refractivity contribution in [2.24, 2.45) is 5.92 Å². The van der Waals surface area contributed by atoms with Gasteiger partial charge in [0.1, 0.15) is 11.9 Å². The van der Waals surface area contributed by atoms with Crippen LogP contribution in [0.4, 0.5) is 0 Å². The first-order valence-corrected chi connectivity index (χ1v) is 7.91. The fraction of sp³-hybridized carbons (Fsp3) is 0.538. The van der Waals surface area contributed by atoms with Crippen LogP contribution < -0.4 is 4.74 Å². The van der Waals surface area contributed by atoms with E-state index in [0.717, 1.165) is 22.2 Å². The molecule has 0 aliphatic carbocycles. The molecule has 92 valence electrons. The van der Waals surface area contributed by atoms with Crippen LogP contribution in [0.1, 0.15) is 24.5 Å². The van der Waals surface area contributed by atoms with E-state index in [0.29, 0.717) is 5.92 Å². The Morgan fingerprint density at radius 1 is 1.41 bits per heavy atom. The van der Waals surface area contributed by atoms with Crippen LogP contribution in [0, 0.1) is 5.92 Å². The molecule has 1 fully saturated rings. The number of hydrogen-bond donors (Lipinski definition) is 1. The average molecular weight is 315 g/mol. The van der Waals surface area contributed by atoms with E-state index in [2.05, 4.69) is 15.9 Å². The summed E-state index contributed by atoms with van der Waals surface area (Å²) in [5.41, 5.74) is 0.918. The number of rotatable bonds is 1. The molecule has 2 heterocycles. The van der Waals surface area contributed by atoms with Crippen LogP contribution >= 0.6 is 27.7 Å². The van der Waals surface area contributed by atoms with Gasteiger partial charge in [-0.1, -0.05) is 15.9 Å². The summed E-state index contributed by atoms with van der Waals surface area (Å²) in [6.07, 6.45) is 1.75. The summed E-state index contributed by atoms with van der Waals surface area (Å²) in [7, 11) is 0. The van der Waals surface area contributed by atoms with E-state index in [1.54, 1.807) is 0 Å². The van der Waals surface area contributed by atoms with E-state index in [1.807, 2.05) is 30.0 Å². The number of fused-ring (bicyclic) bond motifs is 1. The van der Waals surface area contributed by atoms with Gasteiger partial charge in [0.05, 0.1) is 6.10 Å². The van der Waals surface area contributed by atoms with Gasteiger partial charge in [-0.3, -0.25) is 0 Å². The average Bonchev–Trinajstić information content (AvgIpc) is 2.83. The molecule has 4 heteroatoms. The minimum Gasteiger partial charge on any atom is -0.490 e. The van der Waals surface area contributed by atoms with Gasteiger partial charge < -0.3 is 9.84 Å². The van der Waals surface area contributed by atoms with Crippen LogP contribution in [-0.2, 0) is 0 Å². The summed E-state index contributed by atoms with van der Waals surface area (Å²) in [5, 5.41) is 10.2. The zero-order valence-corrected chi connectivity index (χ0v) is 11.8. The molecule has 0 aromatic heterocycles. The number of halogens is 1. The fourth-order valence-electron chi connectivity index (χ4n) is 2.58. The Kier molecular flexibility index (Phi) is 3.37. The fourth-order valence-corrected chi connectivity index (χ4v) is 4.28. The maximum atomic E-state index is 10.2. The van der Waals surface area contributed by atoms with Gasteiger partial charge >= 0.3 is 0 Å². The van der Waals surface area contributed by atoms with E-state index >= 15 is 0 Å². The zero-order valence-electron chi connectivity index (χ0n) is 9.43. The maximum absolute atomic E-state index is 10.2. The Balaban J connectivity index is 1.84. The van der Waals surface area contributed by atoms with Gasteiger partial charge in [-0.05, 0) is 36.1 Å². The quantitative estimate of drug-likeness (QED) is 0.861. The molecule has 17 heavy (non-hydrogen) atoms. The Labute approximate surface area is 114 Å². The molecule has 0 spiro atoms. The molecular formula is C13H15BrO2S. The largest absolute Gasteiger partial charge is 0.490 e. The first kappa shape index (κ1) is 11.9. The van der Waals surface area contributed by atoms with Crippen LogP contribution in [0.5, 0.6) is 5.75 Å². The van der Waals surface area contributed by atoms with Gasteiger partial charge in [0.2, 0.25) is 0 Å².